The van der Waals surface area contributed by atoms with Gasteiger partial charge in [-0.2, -0.15) is 0 Å². The zero-order valence-electron chi connectivity index (χ0n) is 15.7. The Morgan fingerprint density at radius 2 is 1.93 bits per heavy atom. The molecule has 1 heterocycles. The Morgan fingerprint density at radius 3 is 2.68 bits per heavy atom. The maximum atomic E-state index is 12.3. The molecular weight excluding hydrogens is 393 g/mol. The Labute approximate surface area is 175 Å². The third-order valence-corrected chi connectivity index (χ3v) is 5.13. The minimum absolute atomic E-state index is 0.210. The highest BCUT2D eigenvalue weighted by molar-refractivity contribution is 6.36. The quantitative estimate of drug-likeness (QED) is 0.427. The van der Waals surface area contributed by atoms with Gasteiger partial charge in [0.15, 0.2) is 0 Å². The summed E-state index contributed by atoms with van der Waals surface area (Å²) in [4.78, 5) is 12.3. The molecule has 3 nitrogen and oxygen atoms in total. The van der Waals surface area contributed by atoms with Gasteiger partial charge in [-0.1, -0.05) is 55.2 Å². The van der Waals surface area contributed by atoms with E-state index in [-0.39, 0.29) is 5.91 Å². The fraction of sp³-hybridized carbons (Fsp3) is 0.174. The molecule has 3 aromatic rings. The Balaban J connectivity index is 1.71. The van der Waals surface area contributed by atoms with Crippen molar-refractivity contribution in [2.45, 2.75) is 26.2 Å². The van der Waals surface area contributed by atoms with Crippen LogP contribution < -0.4 is 5.32 Å². The van der Waals surface area contributed by atoms with E-state index in [9.17, 15) is 4.79 Å². The van der Waals surface area contributed by atoms with Crippen LogP contribution in [0.5, 0.6) is 0 Å². The van der Waals surface area contributed by atoms with Crippen LogP contribution in [0.25, 0.3) is 17.4 Å². The summed E-state index contributed by atoms with van der Waals surface area (Å²) in [5, 5.41) is 4.02. The molecule has 0 aliphatic carbocycles. The van der Waals surface area contributed by atoms with Crippen LogP contribution >= 0.6 is 23.2 Å². The van der Waals surface area contributed by atoms with Crippen molar-refractivity contribution in [2.24, 2.45) is 0 Å². The van der Waals surface area contributed by atoms with Crippen molar-refractivity contribution in [1.29, 1.82) is 0 Å². The highest BCUT2D eigenvalue weighted by Gasteiger charge is 2.11. The summed E-state index contributed by atoms with van der Waals surface area (Å²) in [5.41, 5.74) is 2.71. The lowest BCUT2D eigenvalue weighted by Gasteiger charge is -2.14. The third kappa shape index (κ3) is 4.86. The molecule has 1 amide bonds. The molecular formula is C23H21Cl2NO2. The second kappa shape index (κ2) is 9.13. The molecule has 5 heteroatoms. The van der Waals surface area contributed by atoms with Gasteiger partial charge in [-0.05, 0) is 60.4 Å². The molecule has 3 rings (SSSR count). The van der Waals surface area contributed by atoms with E-state index >= 15 is 0 Å². The number of benzene rings is 2. The molecule has 0 bridgehead atoms. The zero-order chi connectivity index (χ0) is 20.1. The van der Waals surface area contributed by atoms with Crippen molar-refractivity contribution in [1.82, 2.24) is 0 Å². The van der Waals surface area contributed by atoms with Crippen LogP contribution in [0.3, 0.4) is 0 Å². The number of carbonyl (C=O) groups is 1. The van der Waals surface area contributed by atoms with Crippen LogP contribution in [-0.4, -0.2) is 5.91 Å². The number of rotatable bonds is 6. The predicted octanol–water partition coefficient (Wildman–Crippen LogP) is 7.42. The lowest BCUT2D eigenvalue weighted by molar-refractivity contribution is -0.111. The van der Waals surface area contributed by atoms with Gasteiger partial charge in [0.05, 0.1) is 5.02 Å². The Morgan fingerprint density at radius 1 is 1.14 bits per heavy atom. The SMILES string of the molecule is CCC(C)c1ccccc1NC(=O)/C=C/c1ccc(-c2ccc(Cl)cc2Cl)o1. The number of amides is 1. The molecule has 144 valence electrons. The molecule has 0 saturated carbocycles. The van der Waals surface area contributed by atoms with Crippen molar-refractivity contribution in [3.8, 4) is 11.3 Å². The van der Waals surface area contributed by atoms with Crippen LogP contribution in [0.1, 0.15) is 37.5 Å². The Hall–Kier alpha value is -2.49. The van der Waals surface area contributed by atoms with Gasteiger partial charge in [-0.3, -0.25) is 4.79 Å². The van der Waals surface area contributed by atoms with E-state index in [1.54, 1.807) is 30.3 Å². The standard InChI is InChI=1S/C23H21Cl2NO2/c1-3-15(2)18-6-4-5-7-21(18)26-23(27)13-10-17-9-12-22(28-17)19-11-8-16(24)14-20(19)25/h4-15H,3H2,1-2H3,(H,26,27)/b13-10+. The van der Waals surface area contributed by atoms with E-state index in [2.05, 4.69) is 19.2 Å². The van der Waals surface area contributed by atoms with Crippen LogP contribution in [0.4, 0.5) is 5.69 Å². The zero-order valence-corrected chi connectivity index (χ0v) is 17.2. The van der Waals surface area contributed by atoms with E-state index in [1.165, 1.54) is 6.08 Å². The van der Waals surface area contributed by atoms with Crippen molar-refractivity contribution in [3.63, 3.8) is 0 Å². The first-order valence-corrected chi connectivity index (χ1v) is 9.86. The molecule has 0 spiro atoms. The molecule has 1 aromatic heterocycles. The maximum absolute atomic E-state index is 12.3. The topological polar surface area (TPSA) is 42.2 Å². The highest BCUT2D eigenvalue weighted by Crippen LogP contribution is 2.32. The van der Waals surface area contributed by atoms with Crippen molar-refractivity contribution in [3.05, 3.63) is 82.0 Å². The van der Waals surface area contributed by atoms with Gasteiger partial charge in [0.25, 0.3) is 0 Å². The Kier molecular flexibility index (Phi) is 6.61. The van der Waals surface area contributed by atoms with E-state index in [1.807, 2.05) is 30.3 Å². The first-order chi connectivity index (χ1) is 13.5. The fourth-order valence-corrected chi connectivity index (χ4v) is 3.37. The fourth-order valence-electron chi connectivity index (χ4n) is 2.87. The summed E-state index contributed by atoms with van der Waals surface area (Å²) >= 11 is 12.1. The number of anilines is 1. The van der Waals surface area contributed by atoms with E-state index in [0.717, 1.165) is 23.2 Å². The monoisotopic (exact) mass is 413 g/mol. The first kappa shape index (κ1) is 20.2. The smallest absolute Gasteiger partial charge is 0.248 e. The maximum Gasteiger partial charge on any atom is 0.248 e. The second-order valence-electron chi connectivity index (χ2n) is 6.55. The van der Waals surface area contributed by atoms with E-state index in [4.69, 9.17) is 27.6 Å². The number of carbonyl (C=O) groups excluding carboxylic acids is 1. The average Bonchev–Trinajstić information content (AvgIpc) is 3.15. The lowest BCUT2D eigenvalue weighted by atomic mass is 9.97. The third-order valence-electron chi connectivity index (χ3n) is 4.58. The van der Waals surface area contributed by atoms with E-state index in [0.29, 0.717) is 27.5 Å². The van der Waals surface area contributed by atoms with Gasteiger partial charge >= 0.3 is 0 Å². The summed E-state index contributed by atoms with van der Waals surface area (Å²) in [6.07, 6.45) is 4.10. The normalized spacial score (nSPS) is 12.3. The molecule has 0 radical (unpaired) electrons. The summed E-state index contributed by atoms with van der Waals surface area (Å²) in [5.74, 6) is 1.34. The summed E-state index contributed by atoms with van der Waals surface area (Å²) in [6, 6.07) is 16.7. The first-order valence-electron chi connectivity index (χ1n) is 9.11. The number of hydrogen-bond donors (Lipinski definition) is 1. The number of nitrogens with one attached hydrogen (secondary N) is 1. The van der Waals surface area contributed by atoms with Crippen LogP contribution in [-0.2, 0) is 4.79 Å². The molecule has 2 aromatic carbocycles. The molecule has 1 unspecified atom stereocenters. The summed E-state index contributed by atoms with van der Waals surface area (Å²) in [7, 11) is 0. The molecule has 1 N–H and O–H groups in total. The molecule has 0 fully saturated rings. The summed E-state index contributed by atoms with van der Waals surface area (Å²) in [6.45, 7) is 4.28. The number of para-hydroxylation sites is 1. The second-order valence-corrected chi connectivity index (χ2v) is 7.39. The minimum Gasteiger partial charge on any atom is -0.457 e. The minimum atomic E-state index is -0.210. The average molecular weight is 414 g/mol. The van der Waals surface area contributed by atoms with Gasteiger partial charge in [-0.15, -0.1) is 0 Å². The number of hydrogen-bond acceptors (Lipinski definition) is 2. The number of halogens is 2. The van der Waals surface area contributed by atoms with Crippen LogP contribution in [0.15, 0.2) is 65.1 Å². The predicted molar refractivity (Wildman–Crippen MR) is 117 cm³/mol. The van der Waals surface area contributed by atoms with Crippen molar-refractivity contribution in [2.75, 3.05) is 5.32 Å². The van der Waals surface area contributed by atoms with Crippen LogP contribution in [0.2, 0.25) is 10.0 Å². The van der Waals surface area contributed by atoms with Gasteiger partial charge < -0.3 is 9.73 Å². The van der Waals surface area contributed by atoms with Gasteiger partial charge in [-0.25, -0.2) is 0 Å². The molecule has 1 atom stereocenters. The van der Waals surface area contributed by atoms with Crippen molar-refractivity contribution < 1.29 is 9.21 Å². The molecule has 0 aliphatic rings. The Bertz CT molecular complexity index is 1010. The molecule has 28 heavy (non-hydrogen) atoms. The largest absolute Gasteiger partial charge is 0.457 e. The van der Waals surface area contributed by atoms with Crippen molar-refractivity contribution >= 4 is 40.9 Å². The summed E-state index contributed by atoms with van der Waals surface area (Å²) < 4.78 is 5.78. The van der Waals surface area contributed by atoms with Gasteiger partial charge in [0.1, 0.15) is 11.5 Å². The highest BCUT2D eigenvalue weighted by atomic mass is 35.5. The molecule has 0 aliphatic heterocycles. The van der Waals surface area contributed by atoms with Gasteiger partial charge in [0.2, 0.25) is 5.91 Å². The molecule has 0 saturated heterocycles. The lowest BCUT2D eigenvalue weighted by Crippen LogP contribution is -2.10. The van der Waals surface area contributed by atoms with Gasteiger partial charge in [0, 0.05) is 22.3 Å². The van der Waals surface area contributed by atoms with E-state index < -0.39 is 0 Å². The number of furan rings is 1. The van der Waals surface area contributed by atoms with Crippen LogP contribution in [0, 0.1) is 0 Å².